The number of imide groups is 1. The summed E-state index contributed by atoms with van der Waals surface area (Å²) in [5.41, 5.74) is 0.827. The minimum Gasteiger partial charge on any atom is -0.508 e. The molecule has 7 rings (SSSR count). The Balaban J connectivity index is 1.17. The van der Waals surface area contributed by atoms with Crippen molar-refractivity contribution in [3.05, 3.63) is 65.7 Å². The number of aliphatic hydroxyl groups is 3. The lowest BCUT2D eigenvalue weighted by Gasteiger charge is -2.33. The van der Waals surface area contributed by atoms with Crippen LogP contribution in [-0.2, 0) is 90.9 Å². The van der Waals surface area contributed by atoms with Gasteiger partial charge in [0, 0.05) is 74.1 Å². The molecule has 1 aromatic heterocycles. The van der Waals surface area contributed by atoms with Crippen LogP contribution in [0.3, 0.4) is 0 Å². The summed E-state index contributed by atoms with van der Waals surface area (Å²) in [5, 5.41) is 70.4. The minimum atomic E-state index is -2.48. The Kier molecular flexibility index (Phi) is 24.9. The number of aromatic hydroxyl groups is 1. The maximum absolute atomic E-state index is 15.0. The monoisotopic (exact) mass is 1340 g/mol. The number of nitrogens with zero attached hydrogens (tertiary/aromatic N) is 2. The van der Waals surface area contributed by atoms with Crippen molar-refractivity contribution in [3.8, 4) is 5.75 Å². The fourth-order valence-corrected chi connectivity index (χ4v) is 12.3. The Bertz CT molecular complexity index is 3530. The van der Waals surface area contributed by atoms with E-state index in [1.807, 2.05) is 0 Å². The lowest BCUT2D eigenvalue weighted by molar-refractivity contribution is -0.144. The van der Waals surface area contributed by atoms with E-state index in [4.69, 9.17) is 0 Å². The summed E-state index contributed by atoms with van der Waals surface area (Å²) in [6, 6.07) is -2.87. The van der Waals surface area contributed by atoms with Crippen LogP contribution >= 0.6 is 0 Å². The minimum absolute atomic E-state index is 0.0332. The number of rotatable bonds is 18. The molecule has 34 heteroatoms. The van der Waals surface area contributed by atoms with E-state index >= 15 is 9.00 Å². The van der Waals surface area contributed by atoms with Gasteiger partial charge in [-0.25, -0.2) is 0 Å². The molecule has 2 bridgehead atoms. The summed E-state index contributed by atoms with van der Waals surface area (Å²) < 4.78 is 15.0. The highest BCUT2D eigenvalue weighted by Crippen LogP contribution is 2.30. The van der Waals surface area contributed by atoms with E-state index in [2.05, 4.69) is 63.5 Å². The second-order valence-electron chi connectivity index (χ2n) is 24.1. The van der Waals surface area contributed by atoms with Crippen molar-refractivity contribution in [1.29, 1.82) is 0 Å². The van der Waals surface area contributed by atoms with Crippen molar-refractivity contribution in [2.24, 2.45) is 17.8 Å². The molecular weight excluding hydrogens is 1260 g/mol. The molecule has 0 saturated carbocycles. The van der Waals surface area contributed by atoms with Gasteiger partial charge in [-0.05, 0) is 54.2 Å². The number of carbonyl (C=O) groups is 14. The van der Waals surface area contributed by atoms with E-state index < -0.39 is 223 Å². The summed E-state index contributed by atoms with van der Waals surface area (Å²) in [6.45, 7) is 5.73. The molecule has 13 atom stereocenters. The molecule has 33 nitrogen and oxygen atoms in total. The van der Waals surface area contributed by atoms with Crippen LogP contribution in [0.4, 0.5) is 5.69 Å². The summed E-state index contributed by atoms with van der Waals surface area (Å²) in [7, 11) is -2.48. The predicted octanol–water partition coefficient (Wildman–Crippen LogP) is -5.19. The number of benzene rings is 2. The van der Waals surface area contributed by atoms with Gasteiger partial charge in [0.2, 0.25) is 70.9 Å². The molecule has 95 heavy (non-hydrogen) atoms. The molecule has 14 amide bonds. The maximum atomic E-state index is 15.0. The second kappa shape index (κ2) is 32.5. The van der Waals surface area contributed by atoms with Gasteiger partial charge in [-0.1, -0.05) is 53.2 Å². The molecule has 514 valence electrons. The molecule has 3 aromatic rings. The Labute approximate surface area is 546 Å². The number of aliphatic hydroxyl groups excluding tert-OH is 3. The molecular formula is C61H80N14O19S. The van der Waals surface area contributed by atoms with Gasteiger partial charge in [-0.15, -0.1) is 0 Å². The fraction of sp³-hybridized carbons (Fsp3) is 0.508. The van der Waals surface area contributed by atoms with Crippen molar-refractivity contribution in [1.82, 2.24) is 68.0 Å². The topological polar surface area (TPSA) is 492 Å². The van der Waals surface area contributed by atoms with Crippen molar-refractivity contribution >= 4 is 110 Å². The number of H-pyrrole nitrogens is 1. The molecule has 5 heterocycles. The van der Waals surface area contributed by atoms with Crippen LogP contribution in [0.2, 0.25) is 0 Å². The smallest absolute Gasteiger partial charge is 0.253 e. The molecule has 16 N–H and O–H groups in total. The van der Waals surface area contributed by atoms with Gasteiger partial charge in [0.1, 0.15) is 59.1 Å². The standard InChI is InChI=1S/C61H80N14O19S/c1-7-29(4)51-57(90)64-23-46(82)67-41-27-95(94)60-37(36-13-12-34(77)18-38(36)70-60)20-39(54(87)63-24-47(83)72-51)68-59(92)52(30(5)43(79)26-76)73-56(89)42-19-35(78)25-75(42)61(93)40(69-55(41)88)21-45(81)62-22-32-8-10-33(11-9-32)66-53(86)31(6)65-58(91)50(28(2)3)71-44(80)16-17-74-48(84)14-15-49(74)85/h8-15,18,28-31,35,39-43,50-52,70,76-79H,7,16-17,19-27H2,1-6H3,(H,62,81)(H,63,87)(H,64,90)(H,65,91)(H,66,86)(H,67,82)(H,68,92)(H,69,88)(H,71,80)(H,72,83)(H,73,89)/t29-,30-,31-,35+,39-,40-,41?,42-,43-,50?,51-,52-,95+/m0/s1. The first-order valence-corrected chi connectivity index (χ1v) is 32.1. The highest BCUT2D eigenvalue weighted by atomic mass is 32.2. The lowest BCUT2D eigenvalue weighted by Crippen LogP contribution is -2.62. The van der Waals surface area contributed by atoms with Crippen LogP contribution in [0, 0.1) is 17.8 Å². The third-order valence-electron chi connectivity index (χ3n) is 16.7. The number of anilines is 1. The van der Waals surface area contributed by atoms with Crippen molar-refractivity contribution in [2.45, 2.75) is 146 Å². The number of hydrogen-bond acceptors (Lipinski definition) is 19. The average Bonchev–Trinajstić information content (AvgIpc) is 1.65. The Morgan fingerprint density at radius 2 is 1.40 bits per heavy atom. The molecule has 0 radical (unpaired) electrons. The molecule has 4 aliphatic rings. The number of carbonyl (C=O) groups excluding carboxylic acids is 14. The summed E-state index contributed by atoms with van der Waals surface area (Å²) in [5.74, 6) is -16.1. The molecule has 2 unspecified atom stereocenters. The van der Waals surface area contributed by atoms with Gasteiger partial charge in [0.15, 0.2) is 0 Å². The first-order chi connectivity index (χ1) is 45.0. The van der Waals surface area contributed by atoms with Crippen molar-refractivity contribution < 1.29 is 91.8 Å². The zero-order valence-corrected chi connectivity index (χ0v) is 53.7. The number of hydrogen-bond donors (Lipinski definition) is 16. The number of amides is 14. The highest BCUT2D eigenvalue weighted by molar-refractivity contribution is 7.85. The summed E-state index contributed by atoms with van der Waals surface area (Å²) in [6.07, 6.45) is -2.93. The fourth-order valence-electron chi connectivity index (χ4n) is 10.9. The summed E-state index contributed by atoms with van der Waals surface area (Å²) >= 11 is 0. The van der Waals surface area contributed by atoms with Crippen LogP contribution in [0.25, 0.3) is 10.9 Å². The van der Waals surface area contributed by atoms with Crippen LogP contribution in [0.5, 0.6) is 5.75 Å². The third-order valence-corrected chi connectivity index (χ3v) is 18.1. The SMILES string of the molecule is CC[C@H](C)[C@@H]1NC(=O)CNC(=O)[C@@H]2Cc3c([nH]c4cc(O)ccc34)[S@](=O)CC(NC(=O)CNC1=O)C(=O)N[C@@H](CC(=O)NCc1ccc(NC(=O)[C@H](C)NC(=O)C(NC(=O)CCN3C(=O)C=CC3=O)C(C)C)cc1)C(=O)N1C[C@H](O)C[C@H]1C(=O)N[C@@H]([C@@H](C)[C@@H](O)CO)C(=O)N2. The predicted molar refractivity (Wildman–Crippen MR) is 335 cm³/mol. The number of phenols is 1. The zero-order chi connectivity index (χ0) is 69.7. The van der Waals surface area contributed by atoms with Gasteiger partial charge in [0.05, 0.1) is 60.4 Å². The maximum Gasteiger partial charge on any atom is 0.253 e. The van der Waals surface area contributed by atoms with Crippen molar-refractivity contribution in [3.63, 3.8) is 0 Å². The van der Waals surface area contributed by atoms with Gasteiger partial charge in [-0.3, -0.25) is 76.2 Å². The number of nitrogens with one attached hydrogen (secondary N) is 12. The Hall–Kier alpha value is -9.67. The quantitative estimate of drug-likeness (QED) is 0.0530. The number of phenolic OH excluding ortho intramolecular Hbond substituents is 1. The molecule has 0 aliphatic carbocycles. The Morgan fingerprint density at radius 1 is 0.737 bits per heavy atom. The van der Waals surface area contributed by atoms with E-state index in [9.17, 15) is 82.8 Å². The van der Waals surface area contributed by atoms with Crippen LogP contribution in [0.15, 0.2) is 59.6 Å². The Morgan fingerprint density at radius 3 is 2.05 bits per heavy atom. The van der Waals surface area contributed by atoms with E-state index in [1.165, 1.54) is 56.3 Å². The first kappa shape index (κ1) is 72.8. The van der Waals surface area contributed by atoms with Gasteiger partial charge < -0.3 is 88.8 Å². The molecule has 1 saturated heterocycles. The third kappa shape index (κ3) is 18.8. The molecule has 0 spiro atoms. The number of fused-ring (bicyclic) bond motifs is 5. The lowest BCUT2D eigenvalue weighted by atomic mass is 9.93. The first-order valence-electron chi connectivity index (χ1n) is 30.8. The molecule has 4 aliphatic heterocycles. The average molecular weight is 1350 g/mol. The van der Waals surface area contributed by atoms with Gasteiger partial charge in [0.25, 0.3) is 11.8 Å². The highest BCUT2D eigenvalue weighted by Gasteiger charge is 2.45. The van der Waals surface area contributed by atoms with Gasteiger partial charge >= 0.3 is 0 Å². The zero-order valence-electron chi connectivity index (χ0n) is 52.9. The molecule has 1 fully saturated rings. The van der Waals surface area contributed by atoms with Crippen LogP contribution in [-0.4, -0.2) is 221 Å². The van der Waals surface area contributed by atoms with E-state index in [0.29, 0.717) is 12.0 Å². The number of aromatic amines is 1. The largest absolute Gasteiger partial charge is 0.508 e. The van der Waals surface area contributed by atoms with Gasteiger partial charge in [-0.2, -0.15) is 0 Å². The number of aromatic nitrogens is 1. The molecule has 2 aromatic carbocycles. The van der Waals surface area contributed by atoms with E-state index in [0.717, 1.165) is 22.0 Å². The summed E-state index contributed by atoms with van der Waals surface area (Å²) in [4.78, 5) is 197. The van der Waals surface area contributed by atoms with E-state index in [-0.39, 0.29) is 52.4 Å². The van der Waals surface area contributed by atoms with Crippen molar-refractivity contribution in [2.75, 3.05) is 43.9 Å². The second-order valence-corrected chi connectivity index (χ2v) is 25.5. The van der Waals surface area contributed by atoms with E-state index in [1.54, 1.807) is 27.7 Å². The normalized spacial score (nSPS) is 24.3. The van der Waals surface area contributed by atoms with Crippen LogP contribution < -0.4 is 58.5 Å². The van der Waals surface area contributed by atoms with Crippen LogP contribution in [0.1, 0.15) is 78.4 Å².